The van der Waals surface area contributed by atoms with E-state index in [0.717, 1.165) is 12.5 Å². The summed E-state index contributed by atoms with van der Waals surface area (Å²) in [5.41, 5.74) is 1.33. The third-order valence-corrected chi connectivity index (χ3v) is 2.01. The van der Waals surface area contributed by atoms with Gasteiger partial charge in [0.05, 0.1) is 0 Å². The first kappa shape index (κ1) is 5.10. The highest BCUT2D eigenvalue weighted by Crippen LogP contribution is 2.26. The van der Waals surface area contributed by atoms with Gasteiger partial charge in [-0.15, -0.1) is 0 Å². The molecule has 0 aromatic carbocycles. The molecule has 1 heteroatoms. The highest BCUT2D eigenvalue weighted by atomic mass is 14.9. The van der Waals surface area contributed by atoms with Crippen LogP contribution in [0.25, 0.3) is 0 Å². The van der Waals surface area contributed by atoms with Crippen LogP contribution in [0, 0.1) is 5.92 Å². The minimum Gasteiger partial charge on any atom is -0.289 e. The molecule has 0 saturated carbocycles. The Balaban J connectivity index is 2.23. The lowest BCUT2D eigenvalue weighted by molar-refractivity contribution is 0.646. The monoisotopic (exact) mass is 120 g/mol. The predicted octanol–water partition coefficient (Wildman–Crippen LogP) is 1.45. The lowest BCUT2D eigenvalue weighted by Crippen LogP contribution is -2.01. The van der Waals surface area contributed by atoms with Crippen molar-refractivity contribution in [2.24, 2.45) is 5.92 Å². The molecule has 0 amide bonds. The Labute approximate surface area is 55.5 Å². The van der Waals surface area contributed by atoms with Crippen molar-refractivity contribution < 1.29 is 0 Å². The van der Waals surface area contributed by atoms with Gasteiger partial charge in [-0.1, -0.05) is 12.2 Å². The molecule has 2 aliphatic rings. The molecular formula is C8H10N. The van der Waals surface area contributed by atoms with Gasteiger partial charge < -0.3 is 0 Å². The molecule has 1 atom stereocenters. The molecule has 0 N–H and O–H groups in total. The SMILES string of the molecule is C1=CCC2CC[N]C2=C1. The van der Waals surface area contributed by atoms with Gasteiger partial charge in [0.25, 0.3) is 0 Å². The summed E-state index contributed by atoms with van der Waals surface area (Å²) in [5.74, 6) is 0.773. The molecule has 0 spiro atoms. The molecule has 1 fully saturated rings. The Morgan fingerprint density at radius 3 is 3.44 bits per heavy atom. The minimum atomic E-state index is 0.773. The summed E-state index contributed by atoms with van der Waals surface area (Å²) < 4.78 is 0. The Bertz CT molecular complexity index is 167. The molecule has 0 aromatic heterocycles. The summed E-state index contributed by atoms with van der Waals surface area (Å²) in [6.45, 7) is 1.05. The molecule has 2 rings (SSSR count). The van der Waals surface area contributed by atoms with Gasteiger partial charge >= 0.3 is 0 Å². The van der Waals surface area contributed by atoms with Crippen LogP contribution in [0.4, 0.5) is 0 Å². The van der Waals surface area contributed by atoms with E-state index in [2.05, 4.69) is 23.5 Å². The zero-order valence-corrected chi connectivity index (χ0v) is 5.38. The molecule has 1 aliphatic heterocycles. The van der Waals surface area contributed by atoms with Gasteiger partial charge in [0.15, 0.2) is 0 Å². The summed E-state index contributed by atoms with van der Waals surface area (Å²) >= 11 is 0. The summed E-state index contributed by atoms with van der Waals surface area (Å²) in [6.07, 6.45) is 8.97. The molecule has 0 bridgehead atoms. The van der Waals surface area contributed by atoms with Crippen LogP contribution in [0.15, 0.2) is 23.9 Å². The lowest BCUT2D eigenvalue weighted by Gasteiger charge is -2.09. The van der Waals surface area contributed by atoms with Gasteiger partial charge in [-0.05, 0) is 18.9 Å². The van der Waals surface area contributed by atoms with Crippen molar-refractivity contribution in [3.63, 3.8) is 0 Å². The van der Waals surface area contributed by atoms with E-state index in [9.17, 15) is 0 Å². The number of hydrogen-bond donors (Lipinski definition) is 0. The van der Waals surface area contributed by atoms with Gasteiger partial charge in [0.1, 0.15) is 0 Å². The number of hydrogen-bond acceptors (Lipinski definition) is 0. The molecule has 47 valence electrons. The average Bonchev–Trinajstić information content (AvgIpc) is 2.33. The number of fused-ring (bicyclic) bond motifs is 1. The smallest absolute Gasteiger partial charge is 0.0399 e. The maximum Gasteiger partial charge on any atom is 0.0399 e. The fourth-order valence-corrected chi connectivity index (χ4v) is 1.46. The van der Waals surface area contributed by atoms with Crippen LogP contribution in [0.5, 0.6) is 0 Å². The summed E-state index contributed by atoms with van der Waals surface area (Å²) in [7, 11) is 0. The van der Waals surface area contributed by atoms with Crippen molar-refractivity contribution in [1.29, 1.82) is 0 Å². The van der Waals surface area contributed by atoms with E-state index in [-0.39, 0.29) is 0 Å². The van der Waals surface area contributed by atoms with E-state index in [0.29, 0.717) is 0 Å². The van der Waals surface area contributed by atoms with Crippen LogP contribution in [0.2, 0.25) is 0 Å². The van der Waals surface area contributed by atoms with Gasteiger partial charge in [0, 0.05) is 18.2 Å². The second-order valence-corrected chi connectivity index (χ2v) is 2.62. The third kappa shape index (κ3) is 0.766. The van der Waals surface area contributed by atoms with Crippen LogP contribution >= 0.6 is 0 Å². The Morgan fingerprint density at radius 2 is 2.56 bits per heavy atom. The normalized spacial score (nSPS) is 31.1. The number of nitrogens with zero attached hydrogens (tertiary/aromatic N) is 1. The molecule has 1 saturated heterocycles. The highest BCUT2D eigenvalue weighted by Gasteiger charge is 2.21. The van der Waals surface area contributed by atoms with E-state index in [1.54, 1.807) is 0 Å². The van der Waals surface area contributed by atoms with E-state index >= 15 is 0 Å². The van der Waals surface area contributed by atoms with Crippen LogP contribution < -0.4 is 5.32 Å². The van der Waals surface area contributed by atoms with Gasteiger partial charge in [-0.2, -0.15) is 0 Å². The largest absolute Gasteiger partial charge is 0.289 e. The summed E-state index contributed by atoms with van der Waals surface area (Å²) in [5, 5.41) is 4.37. The molecule has 1 radical (unpaired) electrons. The molecule has 0 aromatic rings. The highest BCUT2D eigenvalue weighted by molar-refractivity contribution is 5.21. The van der Waals surface area contributed by atoms with Crippen molar-refractivity contribution in [2.75, 3.05) is 6.54 Å². The molecule has 1 heterocycles. The second kappa shape index (κ2) is 1.90. The quantitative estimate of drug-likeness (QED) is 0.459. The maximum atomic E-state index is 4.37. The van der Waals surface area contributed by atoms with Gasteiger partial charge in [-0.25, -0.2) is 0 Å². The van der Waals surface area contributed by atoms with E-state index < -0.39 is 0 Å². The van der Waals surface area contributed by atoms with E-state index in [1.165, 1.54) is 18.5 Å². The lowest BCUT2D eigenvalue weighted by atomic mass is 9.97. The minimum absolute atomic E-state index is 0.773. The fourth-order valence-electron chi connectivity index (χ4n) is 1.46. The van der Waals surface area contributed by atoms with Crippen LogP contribution in [0.1, 0.15) is 12.8 Å². The van der Waals surface area contributed by atoms with E-state index in [1.807, 2.05) is 0 Å². The topological polar surface area (TPSA) is 14.1 Å². The fraction of sp³-hybridized carbons (Fsp3) is 0.500. The Hall–Kier alpha value is -0.720. The van der Waals surface area contributed by atoms with Crippen molar-refractivity contribution in [3.05, 3.63) is 23.9 Å². The van der Waals surface area contributed by atoms with Crippen LogP contribution in [-0.4, -0.2) is 6.54 Å². The number of allylic oxidation sites excluding steroid dienone is 4. The predicted molar refractivity (Wildman–Crippen MR) is 36.9 cm³/mol. The Morgan fingerprint density at radius 1 is 1.56 bits per heavy atom. The van der Waals surface area contributed by atoms with Crippen LogP contribution in [-0.2, 0) is 0 Å². The van der Waals surface area contributed by atoms with Crippen molar-refractivity contribution >= 4 is 0 Å². The zero-order valence-electron chi connectivity index (χ0n) is 5.38. The van der Waals surface area contributed by atoms with E-state index in [4.69, 9.17) is 0 Å². The molecule has 1 aliphatic carbocycles. The van der Waals surface area contributed by atoms with Crippen molar-refractivity contribution in [3.8, 4) is 0 Å². The average molecular weight is 120 g/mol. The van der Waals surface area contributed by atoms with Crippen molar-refractivity contribution in [2.45, 2.75) is 12.8 Å². The Kier molecular flexibility index (Phi) is 1.08. The third-order valence-electron chi connectivity index (χ3n) is 2.01. The van der Waals surface area contributed by atoms with Crippen LogP contribution in [0.3, 0.4) is 0 Å². The molecule has 1 nitrogen and oxygen atoms in total. The molecular weight excluding hydrogens is 110 g/mol. The zero-order chi connectivity index (χ0) is 6.10. The molecule has 1 unspecified atom stereocenters. The van der Waals surface area contributed by atoms with Crippen molar-refractivity contribution in [1.82, 2.24) is 5.32 Å². The first-order chi connectivity index (χ1) is 4.47. The molecule has 9 heavy (non-hydrogen) atoms. The standard InChI is InChI=1S/C8H10N/c1-2-4-8-7(3-1)5-6-9-8/h1-2,4,7H,3,5-6H2. The number of rotatable bonds is 0. The maximum absolute atomic E-state index is 4.37. The summed E-state index contributed by atoms with van der Waals surface area (Å²) in [6, 6.07) is 0. The first-order valence-electron chi connectivity index (χ1n) is 3.51. The second-order valence-electron chi connectivity index (χ2n) is 2.62. The first-order valence-corrected chi connectivity index (χ1v) is 3.51. The van der Waals surface area contributed by atoms with Gasteiger partial charge in [-0.3, -0.25) is 5.32 Å². The summed E-state index contributed by atoms with van der Waals surface area (Å²) in [4.78, 5) is 0. The van der Waals surface area contributed by atoms with Gasteiger partial charge in [0.2, 0.25) is 0 Å².